The number of carbonyl (C=O) groups excluding carboxylic acids is 2. The summed E-state index contributed by atoms with van der Waals surface area (Å²) in [4.78, 5) is 24.6. The van der Waals surface area contributed by atoms with E-state index in [-0.39, 0.29) is 23.8 Å². The first-order valence-corrected chi connectivity index (χ1v) is 5.65. The molecule has 4 nitrogen and oxygen atoms in total. The van der Waals surface area contributed by atoms with Gasteiger partial charge in [0.15, 0.2) is 0 Å². The van der Waals surface area contributed by atoms with Crippen LogP contribution in [0.4, 0.5) is 0 Å². The van der Waals surface area contributed by atoms with Crippen LogP contribution in [0, 0.1) is 5.92 Å². The zero-order valence-electron chi connectivity index (χ0n) is 9.53. The van der Waals surface area contributed by atoms with Gasteiger partial charge in [-0.3, -0.25) is 9.59 Å². The van der Waals surface area contributed by atoms with Crippen LogP contribution >= 0.6 is 0 Å². The second-order valence-electron chi connectivity index (χ2n) is 4.32. The molecule has 2 amide bonds. The monoisotopic (exact) mass is 212 g/mol. The van der Waals surface area contributed by atoms with Crippen molar-refractivity contribution in [2.24, 2.45) is 11.7 Å². The molecule has 2 unspecified atom stereocenters. The lowest BCUT2D eigenvalue weighted by Gasteiger charge is -2.37. The molecule has 0 aliphatic carbocycles. The molecule has 2 atom stereocenters. The second-order valence-corrected chi connectivity index (χ2v) is 4.32. The summed E-state index contributed by atoms with van der Waals surface area (Å²) in [6, 6.07) is 0.250. The van der Waals surface area contributed by atoms with Crippen molar-refractivity contribution in [3.63, 3.8) is 0 Å². The number of rotatable bonds is 3. The third-order valence-corrected chi connectivity index (χ3v) is 3.07. The standard InChI is InChI=1S/C11H20N2O2/c1-3-4-10(14)13-7-9(11(12)15)6-5-8(13)2/h8-9H,3-7H2,1-2H3,(H2,12,15). The number of hydrogen-bond donors (Lipinski definition) is 1. The molecule has 0 aromatic heterocycles. The Hall–Kier alpha value is -1.06. The Morgan fingerprint density at radius 1 is 1.40 bits per heavy atom. The van der Waals surface area contributed by atoms with E-state index in [0.717, 1.165) is 19.3 Å². The van der Waals surface area contributed by atoms with Crippen LogP contribution in [0.3, 0.4) is 0 Å². The van der Waals surface area contributed by atoms with Gasteiger partial charge in [0.25, 0.3) is 0 Å². The van der Waals surface area contributed by atoms with Gasteiger partial charge in [-0.1, -0.05) is 6.92 Å². The fraction of sp³-hybridized carbons (Fsp3) is 0.818. The molecule has 0 saturated carbocycles. The number of carbonyl (C=O) groups is 2. The van der Waals surface area contributed by atoms with E-state index in [4.69, 9.17) is 5.73 Å². The summed E-state index contributed by atoms with van der Waals surface area (Å²) in [6.07, 6.45) is 3.11. The molecule has 86 valence electrons. The molecule has 0 spiro atoms. The molecule has 4 heteroatoms. The van der Waals surface area contributed by atoms with Gasteiger partial charge in [0.2, 0.25) is 11.8 Å². The molecule has 1 saturated heterocycles. The molecule has 15 heavy (non-hydrogen) atoms. The molecule has 0 aromatic carbocycles. The average molecular weight is 212 g/mol. The molecule has 0 bridgehead atoms. The molecular formula is C11H20N2O2. The average Bonchev–Trinajstić information content (AvgIpc) is 2.18. The van der Waals surface area contributed by atoms with Crippen molar-refractivity contribution in [3.05, 3.63) is 0 Å². The number of primary amides is 1. The first-order valence-electron chi connectivity index (χ1n) is 5.65. The van der Waals surface area contributed by atoms with E-state index in [2.05, 4.69) is 0 Å². The highest BCUT2D eigenvalue weighted by Gasteiger charge is 2.30. The van der Waals surface area contributed by atoms with Crippen LogP contribution < -0.4 is 5.73 Å². The summed E-state index contributed by atoms with van der Waals surface area (Å²) in [5.41, 5.74) is 5.27. The largest absolute Gasteiger partial charge is 0.369 e. The smallest absolute Gasteiger partial charge is 0.222 e. The normalized spacial score (nSPS) is 26.4. The van der Waals surface area contributed by atoms with Crippen LogP contribution in [0.15, 0.2) is 0 Å². The van der Waals surface area contributed by atoms with Gasteiger partial charge in [-0.2, -0.15) is 0 Å². The van der Waals surface area contributed by atoms with Gasteiger partial charge >= 0.3 is 0 Å². The first-order chi connectivity index (χ1) is 7.06. The van der Waals surface area contributed by atoms with Gasteiger partial charge in [-0.05, 0) is 26.2 Å². The third-order valence-electron chi connectivity index (χ3n) is 3.07. The molecule has 1 heterocycles. The van der Waals surface area contributed by atoms with Gasteiger partial charge in [0, 0.05) is 19.0 Å². The minimum Gasteiger partial charge on any atom is -0.369 e. The number of hydrogen-bond acceptors (Lipinski definition) is 2. The Morgan fingerprint density at radius 2 is 2.07 bits per heavy atom. The van der Waals surface area contributed by atoms with E-state index in [9.17, 15) is 9.59 Å². The van der Waals surface area contributed by atoms with Crippen molar-refractivity contribution < 1.29 is 9.59 Å². The lowest BCUT2D eigenvalue weighted by atomic mass is 9.92. The van der Waals surface area contributed by atoms with E-state index < -0.39 is 0 Å². The number of nitrogens with zero attached hydrogens (tertiary/aromatic N) is 1. The van der Waals surface area contributed by atoms with Gasteiger partial charge in [-0.25, -0.2) is 0 Å². The highest BCUT2D eigenvalue weighted by Crippen LogP contribution is 2.22. The SMILES string of the molecule is CCCC(=O)N1CC(C(N)=O)CCC1C. The summed E-state index contributed by atoms with van der Waals surface area (Å²) >= 11 is 0. The van der Waals surface area contributed by atoms with E-state index in [1.165, 1.54) is 0 Å². The Morgan fingerprint density at radius 3 is 2.60 bits per heavy atom. The number of nitrogens with two attached hydrogens (primary N) is 1. The molecule has 1 rings (SSSR count). The van der Waals surface area contributed by atoms with Crippen molar-refractivity contribution in [1.82, 2.24) is 4.90 Å². The fourth-order valence-electron chi connectivity index (χ4n) is 2.04. The molecule has 1 aliphatic rings. The minimum absolute atomic E-state index is 0.149. The summed E-state index contributed by atoms with van der Waals surface area (Å²) in [7, 11) is 0. The Kier molecular flexibility index (Phi) is 4.12. The van der Waals surface area contributed by atoms with Gasteiger partial charge < -0.3 is 10.6 Å². The van der Waals surface area contributed by atoms with E-state index in [1.807, 2.05) is 18.7 Å². The Labute approximate surface area is 90.8 Å². The quantitative estimate of drug-likeness (QED) is 0.755. The van der Waals surface area contributed by atoms with Crippen LogP contribution in [0.25, 0.3) is 0 Å². The van der Waals surface area contributed by atoms with E-state index in [0.29, 0.717) is 13.0 Å². The Bertz CT molecular complexity index is 253. The van der Waals surface area contributed by atoms with Crippen LogP contribution in [0.1, 0.15) is 39.5 Å². The van der Waals surface area contributed by atoms with Crippen molar-refractivity contribution in [2.75, 3.05) is 6.54 Å². The first kappa shape index (κ1) is 12.0. The Balaban J connectivity index is 2.60. The number of piperidine rings is 1. The van der Waals surface area contributed by atoms with Gasteiger partial charge in [-0.15, -0.1) is 0 Å². The molecule has 0 aromatic rings. The zero-order chi connectivity index (χ0) is 11.4. The van der Waals surface area contributed by atoms with Gasteiger partial charge in [0.1, 0.15) is 0 Å². The van der Waals surface area contributed by atoms with Crippen LogP contribution in [0.2, 0.25) is 0 Å². The molecule has 1 aliphatic heterocycles. The maximum Gasteiger partial charge on any atom is 0.222 e. The van der Waals surface area contributed by atoms with Crippen molar-refractivity contribution >= 4 is 11.8 Å². The lowest BCUT2D eigenvalue weighted by molar-refractivity contribution is -0.137. The highest BCUT2D eigenvalue weighted by atomic mass is 16.2. The van der Waals surface area contributed by atoms with Crippen molar-refractivity contribution in [2.45, 2.75) is 45.6 Å². The van der Waals surface area contributed by atoms with Crippen LogP contribution in [0.5, 0.6) is 0 Å². The van der Waals surface area contributed by atoms with Gasteiger partial charge in [0.05, 0.1) is 5.92 Å². The number of amides is 2. The van der Waals surface area contributed by atoms with E-state index in [1.54, 1.807) is 0 Å². The second kappa shape index (κ2) is 5.14. The maximum atomic E-state index is 11.8. The third kappa shape index (κ3) is 2.94. The fourth-order valence-corrected chi connectivity index (χ4v) is 2.04. The summed E-state index contributed by atoms with van der Waals surface area (Å²) in [5, 5.41) is 0. The predicted molar refractivity (Wildman–Crippen MR) is 58.0 cm³/mol. The van der Waals surface area contributed by atoms with Crippen molar-refractivity contribution in [1.29, 1.82) is 0 Å². The summed E-state index contributed by atoms with van der Waals surface area (Å²) in [6.45, 7) is 4.53. The minimum atomic E-state index is -0.281. The van der Waals surface area contributed by atoms with E-state index >= 15 is 0 Å². The topological polar surface area (TPSA) is 63.4 Å². The molecule has 0 radical (unpaired) electrons. The maximum absolute atomic E-state index is 11.8. The highest BCUT2D eigenvalue weighted by molar-refractivity contribution is 5.80. The van der Waals surface area contributed by atoms with Crippen LogP contribution in [-0.2, 0) is 9.59 Å². The molecule has 2 N–H and O–H groups in total. The molecular weight excluding hydrogens is 192 g/mol. The van der Waals surface area contributed by atoms with Crippen molar-refractivity contribution in [3.8, 4) is 0 Å². The van der Waals surface area contributed by atoms with Crippen LogP contribution in [-0.4, -0.2) is 29.3 Å². The number of likely N-dealkylation sites (tertiary alicyclic amines) is 1. The zero-order valence-corrected chi connectivity index (χ0v) is 9.53. The molecule has 1 fully saturated rings. The predicted octanol–water partition coefficient (Wildman–Crippen LogP) is 0.899. The lowest BCUT2D eigenvalue weighted by Crippen LogP contribution is -2.48. The summed E-state index contributed by atoms with van der Waals surface area (Å²) < 4.78 is 0. The summed E-state index contributed by atoms with van der Waals surface area (Å²) in [5.74, 6) is -0.283.